The van der Waals surface area contributed by atoms with Crippen molar-refractivity contribution in [2.24, 2.45) is 0 Å². The van der Waals surface area contributed by atoms with Gasteiger partial charge in [0, 0.05) is 10.8 Å². The Kier molecular flexibility index (Phi) is 6.27. The molecule has 0 fully saturated rings. The topological polar surface area (TPSA) is 38.9 Å². The summed E-state index contributed by atoms with van der Waals surface area (Å²) >= 11 is 0. The number of unbranched alkanes of at least 4 members (excludes halogenated alkanes) is 7. The largest absolute Gasteiger partial charge is 0.398 e. The first-order valence-electron chi connectivity index (χ1n) is 9.86. The van der Waals surface area contributed by atoms with Crippen LogP contribution < -0.4 is 5.73 Å². The van der Waals surface area contributed by atoms with Gasteiger partial charge in [-0.15, -0.1) is 0 Å². The van der Waals surface area contributed by atoms with Crippen LogP contribution >= 0.6 is 0 Å². The Labute approximate surface area is 151 Å². The van der Waals surface area contributed by atoms with E-state index in [1.54, 1.807) is 0 Å². The van der Waals surface area contributed by atoms with E-state index in [0.717, 1.165) is 33.9 Å². The smallest absolute Gasteiger partial charge is 0.0730 e. The van der Waals surface area contributed by atoms with Crippen LogP contribution in [0.4, 0.5) is 5.69 Å². The van der Waals surface area contributed by atoms with Crippen LogP contribution in [0.2, 0.25) is 0 Å². The lowest BCUT2D eigenvalue weighted by Crippen LogP contribution is -1.94. The minimum Gasteiger partial charge on any atom is -0.398 e. The molecule has 2 heteroatoms. The molecular formula is C23H30N2. The molecule has 25 heavy (non-hydrogen) atoms. The van der Waals surface area contributed by atoms with Gasteiger partial charge in [-0.2, -0.15) is 0 Å². The van der Waals surface area contributed by atoms with Crippen LogP contribution in [0.5, 0.6) is 0 Å². The van der Waals surface area contributed by atoms with Gasteiger partial charge in [0.15, 0.2) is 0 Å². The first-order valence-corrected chi connectivity index (χ1v) is 9.86. The number of nitrogen functional groups attached to an aromatic ring is 1. The van der Waals surface area contributed by atoms with E-state index in [4.69, 9.17) is 10.7 Å². The number of benzene rings is 2. The maximum Gasteiger partial charge on any atom is 0.0730 e. The molecule has 0 aliphatic heterocycles. The van der Waals surface area contributed by atoms with Crippen molar-refractivity contribution in [1.29, 1.82) is 0 Å². The predicted molar refractivity (Wildman–Crippen MR) is 110 cm³/mol. The summed E-state index contributed by atoms with van der Waals surface area (Å²) < 4.78 is 0. The number of pyridine rings is 1. The van der Waals surface area contributed by atoms with Crippen LogP contribution in [0.3, 0.4) is 0 Å². The lowest BCUT2D eigenvalue weighted by Gasteiger charge is -2.09. The Balaban J connectivity index is 1.60. The van der Waals surface area contributed by atoms with E-state index in [1.165, 1.54) is 56.9 Å². The van der Waals surface area contributed by atoms with E-state index in [1.807, 2.05) is 18.2 Å². The summed E-state index contributed by atoms with van der Waals surface area (Å²) in [4.78, 5) is 4.74. The average Bonchev–Trinajstić information content (AvgIpc) is 2.64. The molecule has 1 aromatic heterocycles. The number of anilines is 1. The second-order valence-electron chi connectivity index (χ2n) is 7.12. The van der Waals surface area contributed by atoms with Crippen molar-refractivity contribution in [3.63, 3.8) is 0 Å². The fourth-order valence-corrected chi connectivity index (χ4v) is 3.59. The normalized spacial score (nSPS) is 11.4. The van der Waals surface area contributed by atoms with E-state index in [0.29, 0.717) is 0 Å². The first kappa shape index (κ1) is 17.7. The number of fused-ring (bicyclic) bond motifs is 2. The van der Waals surface area contributed by atoms with Gasteiger partial charge in [-0.25, -0.2) is 4.98 Å². The summed E-state index contributed by atoms with van der Waals surface area (Å²) in [6.45, 7) is 2.27. The maximum absolute atomic E-state index is 6.42. The molecule has 2 aromatic carbocycles. The highest BCUT2D eigenvalue weighted by Gasteiger charge is 2.06. The number of para-hydroxylation sites is 1. The highest BCUT2D eigenvalue weighted by Crippen LogP contribution is 2.29. The van der Waals surface area contributed by atoms with Gasteiger partial charge in [-0.3, -0.25) is 0 Å². The monoisotopic (exact) mass is 334 g/mol. The van der Waals surface area contributed by atoms with Gasteiger partial charge in [0.1, 0.15) is 0 Å². The summed E-state index contributed by atoms with van der Waals surface area (Å²) in [6, 6.07) is 14.7. The highest BCUT2D eigenvalue weighted by molar-refractivity contribution is 6.06. The van der Waals surface area contributed by atoms with Gasteiger partial charge in [0.05, 0.1) is 16.7 Å². The van der Waals surface area contributed by atoms with Crippen LogP contribution in [0.15, 0.2) is 42.5 Å². The molecular weight excluding hydrogens is 304 g/mol. The second-order valence-corrected chi connectivity index (χ2v) is 7.12. The third-order valence-electron chi connectivity index (χ3n) is 5.11. The van der Waals surface area contributed by atoms with Crippen molar-refractivity contribution in [2.75, 3.05) is 5.73 Å². The number of aryl methyl sites for hydroxylation is 1. The number of nitrogens with two attached hydrogens (primary N) is 1. The molecule has 1 heterocycles. The number of hydrogen-bond donors (Lipinski definition) is 1. The Morgan fingerprint density at radius 3 is 2.24 bits per heavy atom. The molecule has 0 amide bonds. The maximum atomic E-state index is 6.42. The van der Waals surface area contributed by atoms with Crippen molar-refractivity contribution in [2.45, 2.75) is 64.7 Å². The third-order valence-corrected chi connectivity index (χ3v) is 5.11. The molecule has 0 unspecified atom stereocenters. The van der Waals surface area contributed by atoms with Gasteiger partial charge in [-0.05, 0) is 36.6 Å². The molecule has 3 rings (SSSR count). The second kappa shape index (κ2) is 8.84. The van der Waals surface area contributed by atoms with E-state index in [-0.39, 0.29) is 0 Å². The van der Waals surface area contributed by atoms with Crippen LogP contribution in [0.1, 0.15) is 63.9 Å². The van der Waals surface area contributed by atoms with Gasteiger partial charge < -0.3 is 5.73 Å². The zero-order chi connectivity index (χ0) is 17.5. The molecule has 2 nitrogen and oxygen atoms in total. The molecule has 0 saturated carbocycles. The molecule has 0 atom stereocenters. The predicted octanol–water partition coefficient (Wildman–Crippen LogP) is 6.65. The number of nitrogens with zero attached hydrogens (tertiary/aromatic N) is 1. The summed E-state index contributed by atoms with van der Waals surface area (Å²) in [5, 5.41) is 2.15. The van der Waals surface area contributed by atoms with Crippen LogP contribution in [-0.2, 0) is 6.42 Å². The zero-order valence-corrected chi connectivity index (χ0v) is 15.4. The van der Waals surface area contributed by atoms with Gasteiger partial charge in [0.25, 0.3) is 0 Å². The summed E-state index contributed by atoms with van der Waals surface area (Å²) in [5.74, 6) is 0. The fraction of sp³-hybridized carbons (Fsp3) is 0.435. The molecule has 0 bridgehead atoms. The quantitative estimate of drug-likeness (QED) is 0.351. The standard InChI is InChI=1S/C23H30N2/c1-2-3-4-5-6-7-8-9-12-18-15-16-22-20(17-18)23(24)19-13-10-11-14-21(19)25-22/h10-11,13-17H,2-9,12H2,1H3,(H2,24,25). The van der Waals surface area contributed by atoms with Crippen LogP contribution in [0, 0.1) is 0 Å². The average molecular weight is 335 g/mol. The molecule has 0 saturated heterocycles. The molecule has 0 aliphatic carbocycles. The first-order chi connectivity index (χ1) is 12.3. The Hall–Kier alpha value is -2.09. The van der Waals surface area contributed by atoms with Crippen molar-refractivity contribution >= 4 is 27.5 Å². The number of rotatable bonds is 9. The Morgan fingerprint density at radius 1 is 0.760 bits per heavy atom. The van der Waals surface area contributed by atoms with E-state index < -0.39 is 0 Å². The van der Waals surface area contributed by atoms with Gasteiger partial charge in [0.2, 0.25) is 0 Å². The summed E-state index contributed by atoms with van der Waals surface area (Å²) in [7, 11) is 0. The number of hydrogen-bond acceptors (Lipinski definition) is 2. The Morgan fingerprint density at radius 2 is 1.44 bits per heavy atom. The van der Waals surface area contributed by atoms with Crippen LogP contribution in [-0.4, -0.2) is 4.98 Å². The van der Waals surface area contributed by atoms with Gasteiger partial charge >= 0.3 is 0 Å². The third kappa shape index (κ3) is 4.50. The Bertz CT molecular complexity index is 823. The molecule has 0 spiro atoms. The molecule has 3 aromatic rings. The highest BCUT2D eigenvalue weighted by atomic mass is 14.7. The van der Waals surface area contributed by atoms with Crippen molar-refractivity contribution < 1.29 is 0 Å². The molecule has 0 radical (unpaired) electrons. The van der Waals surface area contributed by atoms with Crippen LogP contribution in [0.25, 0.3) is 21.8 Å². The number of aromatic nitrogens is 1. The van der Waals surface area contributed by atoms with Crippen molar-refractivity contribution in [1.82, 2.24) is 4.98 Å². The minimum absolute atomic E-state index is 0.860. The molecule has 2 N–H and O–H groups in total. The molecule has 132 valence electrons. The van der Waals surface area contributed by atoms with Gasteiger partial charge in [-0.1, -0.05) is 76.1 Å². The summed E-state index contributed by atoms with van der Waals surface area (Å²) in [5.41, 5.74) is 10.6. The SMILES string of the molecule is CCCCCCCCCCc1ccc2nc3ccccc3c(N)c2c1. The zero-order valence-electron chi connectivity index (χ0n) is 15.4. The van der Waals surface area contributed by atoms with E-state index in [2.05, 4.69) is 31.2 Å². The minimum atomic E-state index is 0.860. The molecule has 0 aliphatic rings. The summed E-state index contributed by atoms with van der Waals surface area (Å²) in [6.07, 6.45) is 12.0. The van der Waals surface area contributed by atoms with E-state index in [9.17, 15) is 0 Å². The fourth-order valence-electron chi connectivity index (χ4n) is 3.59. The lowest BCUT2D eigenvalue weighted by atomic mass is 10.0. The van der Waals surface area contributed by atoms with Crippen molar-refractivity contribution in [3.8, 4) is 0 Å². The van der Waals surface area contributed by atoms with Crippen molar-refractivity contribution in [3.05, 3.63) is 48.0 Å². The van der Waals surface area contributed by atoms with E-state index >= 15 is 0 Å². The lowest BCUT2D eigenvalue weighted by molar-refractivity contribution is 0.575.